The summed E-state index contributed by atoms with van der Waals surface area (Å²) in [4.78, 5) is 0. The van der Waals surface area contributed by atoms with Gasteiger partial charge in [-0.15, -0.1) is 0 Å². The highest BCUT2D eigenvalue weighted by Gasteiger charge is 2.25. The van der Waals surface area contributed by atoms with Crippen LogP contribution in [-0.4, -0.2) is 43.5 Å². The van der Waals surface area contributed by atoms with Gasteiger partial charge in [0, 0.05) is 35.5 Å². The molecule has 0 spiro atoms. The zero-order chi connectivity index (χ0) is 13.1. The fourth-order valence-electron chi connectivity index (χ4n) is 2.12. The van der Waals surface area contributed by atoms with Crippen LogP contribution in [0.25, 0.3) is 0 Å². The van der Waals surface area contributed by atoms with Crippen molar-refractivity contribution in [2.45, 2.75) is 38.2 Å². The molecule has 2 atom stereocenters. The minimum absolute atomic E-state index is 0.320. The molecule has 0 radical (unpaired) electrons. The van der Waals surface area contributed by atoms with E-state index in [4.69, 9.17) is 11.6 Å². The molecule has 18 heavy (non-hydrogen) atoms. The maximum atomic E-state index is 10.3. The molecule has 0 saturated carbocycles. The fourth-order valence-corrected chi connectivity index (χ4v) is 5.11. The highest BCUT2D eigenvalue weighted by Crippen LogP contribution is 2.29. The second-order valence-electron chi connectivity index (χ2n) is 4.42. The van der Waals surface area contributed by atoms with Crippen molar-refractivity contribution in [2.24, 2.45) is 0 Å². The fraction of sp³-hybridized carbons (Fsp3) is 0.750. The number of nitrogens with zero attached hydrogens (tertiary/aromatic N) is 2. The van der Waals surface area contributed by atoms with Crippen molar-refractivity contribution >= 4 is 35.1 Å². The van der Waals surface area contributed by atoms with E-state index in [0.29, 0.717) is 16.7 Å². The van der Waals surface area contributed by atoms with Gasteiger partial charge in [0.1, 0.15) is 0 Å². The van der Waals surface area contributed by atoms with E-state index in [0.717, 1.165) is 29.4 Å². The predicted octanol–water partition coefficient (Wildman–Crippen LogP) is 2.62. The van der Waals surface area contributed by atoms with Gasteiger partial charge in [-0.3, -0.25) is 4.68 Å². The van der Waals surface area contributed by atoms with E-state index in [-0.39, 0.29) is 6.10 Å². The number of halogens is 1. The molecule has 2 heterocycles. The highest BCUT2D eigenvalue weighted by atomic mass is 35.5. The molecular weight excluding hydrogens is 288 g/mol. The molecule has 6 heteroatoms. The van der Waals surface area contributed by atoms with Crippen LogP contribution in [-0.2, 0) is 13.0 Å². The molecule has 2 unspecified atom stereocenters. The maximum Gasteiger partial charge on any atom is 0.0848 e. The molecule has 1 aromatic heterocycles. The average molecular weight is 307 g/mol. The normalized spacial score (nSPS) is 22.1. The molecule has 1 fully saturated rings. The molecule has 1 aliphatic heterocycles. The van der Waals surface area contributed by atoms with Gasteiger partial charge >= 0.3 is 0 Å². The van der Waals surface area contributed by atoms with Crippen molar-refractivity contribution in [2.75, 3.05) is 17.3 Å². The summed E-state index contributed by atoms with van der Waals surface area (Å²) in [5.41, 5.74) is 1.83. The number of aromatic nitrogens is 2. The number of aliphatic hydroxyl groups is 1. The van der Waals surface area contributed by atoms with Crippen LogP contribution < -0.4 is 0 Å². The first kappa shape index (κ1) is 14.6. The van der Waals surface area contributed by atoms with E-state index < -0.39 is 0 Å². The van der Waals surface area contributed by atoms with Crippen LogP contribution in [0.2, 0.25) is 5.02 Å². The van der Waals surface area contributed by atoms with Crippen LogP contribution >= 0.6 is 35.1 Å². The van der Waals surface area contributed by atoms with Crippen molar-refractivity contribution in [3.63, 3.8) is 0 Å². The Morgan fingerprint density at radius 3 is 2.94 bits per heavy atom. The summed E-state index contributed by atoms with van der Waals surface area (Å²) in [6.45, 7) is 4.75. The lowest BCUT2D eigenvalue weighted by Gasteiger charge is -2.26. The van der Waals surface area contributed by atoms with Crippen LogP contribution in [0.4, 0.5) is 0 Å². The van der Waals surface area contributed by atoms with E-state index in [1.54, 1.807) is 0 Å². The molecule has 3 nitrogen and oxygen atoms in total. The van der Waals surface area contributed by atoms with Crippen molar-refractivity contribution in [1.29, 1.82) is 0 Å². The summed E-state index contributed by atoms with van der Waals surface area (Å²) < 4.78 is 1.90. The van der Waals surface area contributed by atoms with Crippen LogP contribution in [0.5, 0.6) is 0 Å². The molecule has 0 aliphatic carbocycles. The molecular formula is C12H19ClN2OS2. The van der Waals surface area contributed by atoms with Crippen molar-refractivity contribution in [1.82, 2.24) is 9.78 Å². The maximum absolute atomic E-state index is 10.3. The SMILES string of the molecule is CCn1nc(C)c(Cl)c1CC(O)C1CSCCS1. The molecule has 1 aromatic rings. The summed E-state index contributed by atoms with van der Waals surface area (Å²) >= 11 is 10.1. The number of thioether (sulfide) groups is 2. The summed E-state index contributed by atoms with van der Waals surface area (Å²) in [5.74, 6) is 3.36. The smallest absolute Gasteiger partial charge is 0.0848 e. The Labute approximate surface area is 122 Å². The second-order valence-corrected chi connectivity index (χ2v) is 7.29. The van der Waals surface area contributed by atoms with Gasteiger partial charge in [-0.2, -0.15) is 28.6 Å². The minimum Gasteiger partial charge on any atom is -0.392 e. The van der Waals surface area contributed by atoms with Crippen molar-refractivity contribution < 1.29 is 5.11 Å². The average Bonchev–Trinajstić information content (AvgIpc) is 2.67. The molecule has 0 amide bonds. The van der Waals surface area contributed by atoms with Gasteiger partial charge in [-0.05, 0) is 13.8 Å². The Bertz CT molecular complexity index is 405. The lowest BCUT2D eigenvalue weighted by Crippen LogP contribution is -2.31. The van der Waals surface area contributed by atoms with Crippen LogP contribution in [0.3, 0.4) is 0 Å². The predicted molar refractivity (Wildman–Crippen MR) is 80.9 cm³/mol. The number of hydrogen-bond donors (Lipinski definition) is 1. The van der Waals surface area contributed by atoms with Crippen molar-refractivity contribution in [3.8, 4) is 0 Å². The van der Waals surface area contributed by atoms with Gasteiger partial charge in [0.15, 0.2) is 0 Å². The second kappa shape index (κ2) is 6.55. The van der Waals surface area contributed by atoms with Gasteiger partial charge in [-0.25, -0.2) is 0 Å². The molecule has 2 rings (SSSR count). The largest absolute Gasteiger partial charge is 0.392 e. The Hall–Kier alpha value is 0.160. The molecule has 102 valence electrons. The molecule has 1 aliphatic rings. The standard InChI is InChI=1S/C12H19ClN2OS2/c1-3-15-9(12(13)8(2)14-15)6-10(16)11-7-17-4-5-18-11/h10-11,16H,3-7H2,1-2H3. The zero-order valence-electron chi connectivity index (χ0n) is 10.7. The topological polar surface area (TPSA) is 38.0 Å². The molecule has 1 N–H and O–H groups in total. The Kier molecular flexibility index (Phi) is 5.30. The van der Waals surface area contributed by atoms with Crippen LogP contribution in [0.15, 0.2) is 0 Å². The van der Waals surface area contributed by atoms with Gasteiger partial charge in [-0.1, -0.05) is 11.6 Å². The number of rotatable bonds is 4. The summed E-state index contributed by atoms with van der Waals surface area (Å²) in [6.07, 6.45) is 0.271. The Balaban J connectivity index is 2.08. The minimum atomic E-state index is -0.332. The lowest BCUT2D eigenvalue weighted by atomic mass is 10.1. The van der Waals surface area contributed by atoms with Gasteiger partial charge in [0.25, 0.3) is 0 Å². The van der Waals surface area contributed by atoms with Gasteiger partial charge in [0.2, 0.25) is 0 Å². The van der Waals surface area contributed by atoms with E-state index in [1.165, 1.54) is 5.75 Å². The first-order valence-corrected chi connectivity index (χ1v) is 8.80. The summed E-state index contributed by atoms with van der Waals surface area (Å²) in [7, 11) is 0. The molecule has 0 bridgehead atoms. The summed E-state index contributed by atoms with van der Waals surface area (Å²) in [5, 5.41) is 15.8. The van der Waals surface area contributed by atoms with E-state index in [1.807, 2.05) is 42.1 Å². The van der Waals surface area contributed by atoms with Crippen LogP contribution in [0.1, 0.15) is 18.3 Å². The van der Waals surface area contributed by atoms with Gasteiger partial charge in [0.05, 0.1) is 22.5 Å². The Morgan fingerprint density at radius 2 is 2.33 bits per heavy atom. The van der Waals surface area contributed by atoms with Gasteiger partial charge < -0.3 is 5.11 Å². The van der Waals surface area contributed by atoms with Crippen molar-refractivity contribution in [3.05, 3.63) is 16.4 Å². The third-order valence-electron chi connectivity index (χ3n) is 3.13. The first-order valence-electron chi connectivity index (χ1n) is 6.22. The quantitative estimate of drug-likeness (QED) is 0.928. The molecule has 0 aromatic carbocycles. The monoisotopic (exact) mass is 306 g/mol. The first-order chi connectivity index (χ1) is 8.63. The number of hydrogen-bond acceptors (Lipinski definition) is 4. The highest BCUT2D eigenvalue weighted by molar-refractivity contribution is 8.06. The zero-order valence-corrected chi connectivity index (χ0v) is 13.1. The van der Waals surface area contributed by atoms with Crippen LogP contribution in [0, 0.1) is 6.92 Å². The third kappa shape index (κ3) is 3.18. The Morgan fingerprint density at radius 1 is 1.56 bits per heavy atom. The van der Waals surface area contributed by atoms with E-state index in [9.17, 15) is 5.11 Å². The molecule has 1 saturated heterocycles. The lowest BCUT2D eigenvalue weighted by molar-refractivity contribution is 0.174. The van der Waals surface area contributed by atoms with E-state index >= 15 is 0 Å². The number of aryl methyl sites for hydroxylation is 2. The summed E-state index contributed by atoms with van der Waals surface area (Å²) in [6, 6.07) is 0. The number of aliphatic hydroxyl groups excluding tert-OH is 1. The third-order valence-corrected chi connectivity index (χ3v) is 6.52. The van der Waals surface area contributed by atoms with E-state index in [2.05, 4.69) is 5.10 Å².